The number of aliphatic hydroxyl groups is 1. The van der Waals surface area contributed by atoms with Gasteiger partial charge in [-0.3, -0.25) is 4.79 Å². The van der Waals surface area contributed by atoms with Crippen LogP contribution in [-0.4, -0.2) is 23.7 Å². The molecule has 2 unspecified atom stereocenters. The van der Waals surface area contributed by atoms with Crippen LogP contribution in [0.1, 0.15) is 58.8 Å². The fourth-order valence-electron chi connectivity index (χ4n) is 6.54. The van der Waals surface area contributed by atoms with E-state index in [4.69, 9.17) is 0 Å². The maximum Gasteiger partial charge on any atom is 0.243 e. The third-order valence-corrected chi connectivity index (χ3v) is 7.93. The second-order valence-electron chi connectivity index (χ2n) is 8.68. The number of hydrogen-bond donors (Lipinski definition) is 2. The Kier molecular flexibility index (Phi) is 3.24. The van der Waals surface area contributed by atoms with Crippen LogP contribution in [0, 0.1) is 28.6 Å². The maximum absolute atomic E-state index is 11.9. The second kappa shape index (κ2) is 4.83. The van der Waals surface area contributed by atoms with Gasteiger partial charge in [0.25, 0.3) is 0 Å². The average molecular weight is 303 g/mol. The summed E-state index contributed by atoms with van der Waals surface area (Å²) >= 11 is 0. The van der Waals surface area contributed by atoms with Crippen molar-refractivity contribution in [1.82, 2.24) is 5.32 Å². The third-order valence-electron chi connectivity index (χ3n) is 7.93. The molecule has 1 amide bonds. The Morgan fingerprint density at radius 1 is 1.14 bits per heavy atom. The number of carbonyl (C=O) groups is 1. The fourth-order valence-corrected chi connectivity index (χ4v) is 6.54. The number of aliphatic hydroxyl groups excluding tert-OH is 1. The first-order valence-electron chi connectivity index (χ1n) is 9.12. The molecule has 3 aliphatic carbocycles. The number of rotatable bonds is 0. The van der Waals surface area contributed by atoms with E-state index >= 15 is 0 Å². The highest BCUT2D eigenvalue weighted by atomic mass is 16.3. The van der Waals surface area contributed by atoms with E-state index < -0.39 is 0 Å². The van der Waals surface area contributed by atoms with Crippen molar-refractivity contribution in [3.05, 3.63) is 11.6 Å². The Bertz CT molecular complexity index is 528. The number of fused-ring (bicyclic) bond motifs is 5. The smallest absolute Gasteiger partial charge is 0.243 e. The molecule has 4 rings (SSSR count). The van der Waals surface area contributed by atoms with Crippen molar-refractivity contribution in [3.63, 3.8) is 0 Å². The molecule has 3 saturated carbocycles. The lowest BCUT2D eigenvalue weighted by Gasteiger charge is -2.56. The highest BCUT2D eigenvalue weighted by molar-refractivity contribution is 5.88. The summed E-state index contributed by atoms with van der Waals surface area (Å²) in [6.07, 6.45) is 9.74. The first-order valence-corrected chi connectivity index (χ1v) is 9.12. The summed E-state index contributed by atoms with van der Waals surface area (Å²) in [6.45, 7) is 5.55. The molecular formula is C19H29NO2. The first kappa shape index (κ1) is 14.7. The number of carbonyl (C=O) groups excluding carboxylic acids is 1. The summed E-state index contributed by atoms with van der Waals surface area (Å²) in [7, 11) is 0. The summed E-state index contributed by atoms with van der Waals surface area (Å²) in [5.41, 5.74) is 1.74. The normalized spacial score (nSPS) is 51.0. The van der Waals surface area contributed by atoms with Gasteiger partial charge in [-0.2, -0.15) is 0 Å². The van der Waals surface area contributed by atoms with Gasteiger partial charge in [0.15, 0.2) is 0 Å². The summed E-state index contributed by atoms with van der Waals surface area (Å²) in [5, 5.41) is 13.5. The van der Waals surface area contributed by atoms with Gasteiger partial charge in [-0.25, -0.2) is 0 Å². The SMILES string of the molecule is C[C@]12CCNC(=O)C=C1CC[C@@H]1C2CC[C@@]2(C)C1CC[C@@H]2O. The van der Waals surface area contributed by atoms with Crippen LogP contribution in [0.15, 0.2) is 11.6 Å². The van der Waals surface area contributed by atoms with Crippen molar-refractivity contribution in [1.29, 1.82) is 0 Å². The van der Waals surface area contributed by atoms with Crippen molar-refractivity contribution in [2.24, 2.45) is 28.6 Å². The largest absolute Gasteiger partial charge is 0.393 e. The molecule has 0 aromatic heterocycles. The Balaban J connectivity index is 1.69. The van der Waals surface area contributed by atoms with Gasteiger partial charge in [0.05, 0.1) is 6.10 Å². The van der Waals surface area contributed by atoms with E-state index in [1.807, 2.05) is 6.08 Å². The maximum atomic E-state index is 11.9. The lowest BCUT2D eigenvalue weighted by molar-refractivity contribution is -0.116. The monoisotopic (exact) mass is 303 g/mol. The highest BCUT2D eigenvalue weighted by Crippen LogP contribution is 2.64. The first-order chi connectivity index (χ1) is 10.4. The number of nitrogens with one attached hydrogen (secondary N) is 1. The molecule has 1 heterocycles. The van der Waals surface area contributed by atoms with Crippen LogP contribution in [0.2, 0.25) is 0 Å². The van der Waals surface area contributed by atoms with Gasteiger partial charge in [-0.15, -0.1) is 0 Å². The molecule has 0 saturated heterocycles. The summed E-state index contributed by atoms with van der Waals surface area (Å²) in [4.78, 5) is 11.9. The van der Waals surface area contributed by atoms with E-state index in [0.717, 1.165) is 38.1 Å². The molecule has 3 fully saturated rings. The van der Waals surface area contributed by atoms with Gasteiger partial charge in [-0.1, -0.05) is 19.4 Å². The minimum Gasteiger partial charge on any atom is -0.393 e. The molecule has 6 atom stereocenters. The molecule has 4 aliphatic rings. The topological polar surface area (TPSA) is 49.3 Å². The summed E-state index contributed by atoms with van der Waals surface area (Å²) in [5.74, 6) is 2.23. The van der Waals surface area contributed by atoms with E-state index in [-0.39, 0.29) is 22.8 Å². The zero-order chi connectivity index (χ0) is 15.5. The standard InChI is InChI=1S/C19H29NO2/c1-18-9-10-20-17(22)11-12(18)3-4-13-14-5-6-16(21)19(14,2)8-7-15(13)18/h11,13-16,21H,3-10H2,1-2H3,(H,20,22)/t13-,14?,15?,16-,18-,19-/m0/s1. The lowest BCUT2D eigenvalue weighted by Crippen LogP contribution is -2.50. The van der Waals surface area contributed by atoms with Gasteiger partial charge < -0.3 is 10.4 Å². The fraction of sp³-hybridized carbons (Fsp3) is 0.842. The third kappa shape index (κ3) is 1.87. The molecule has 122 valence electrons. The zero-order valence-corrected chi connectivity index (χ0v) is 13.9. The number of allylic oxidation sites excluding steroid dienone is 1. The van der Waals surface area contributed by atoms with Crippen molar-refractivity contribution in [2.45, 2.75) is 64.9 Å². The van der Waals surface area contributed by atoms with Crippen LogP contribution in [-0.2, 0) is 4.79 Å². The predicted molar refractivity (Wildman–Crippen MR) is 86.1 cm³/mol. The molecule has 1 aliphatic heterocycles. The number of hydrogen-bond acceptors (Lipinski definition) is 2. The van der Waals surface area contributed by atoms with Crippen LogP contribution in [0.25, 0.3) is 0 Å². The van der Waals surface area contributed by atoms with Crippen LogP contribution in [0.4, 0.5) is 0 Å². The van der Waals surface area contributed by atoms with Crippen molar-refractivity contribution in [3.8, 4) is 0 Å². The highest BCUT2D eigenvalue weighted by Gasteiger charge is 2.58. The Morgan fingerprint density at radius 2 is 1.95 bits per heavy atom. The molecular weight excluding hydrogens is 274 g/mol. The lowest BCUT2D eigenvalue weighted by atomic mass is 9.48. The van der Waals surface area contributed by atoms with E-state index in [9.17, 15) is 9.90 Å². The van der Waals surface area contributed by atoms with E-state index in [2.05, 4.69) is 19.2 Å². The molecule has 0 radical (unpaired) electrons. The van der Waals surface area contributed by atoms with Crippen LogP contribution < -0.4 is 5.32 Å². The van der Waals surface area contributed by atoms with Crippen LogP contribution in [0.3, 0.4) is 0 Å². The Hall–Kier alpha value is -0.830. The molecule has 0 spiro atoms. The van der Waals surface area contributed by atoms with Gasteiger partial charge in [0.2, 0.25) is 5.91 Å². The van der Waals surface area contributed by atoms with Crippen LogP contribution >= 0.6 is 0 Å². The molecule has 3 nitrogen and oxygen atoms in total. The van der Waals surface area contributed by atoms with Gasteiger partial charge >= 0.3 is 0 Å². The predicted octanol–water partition coefficient (Wildman–Crippen LogP) is 3.04. The summed E-state index contributed by atoms with van der Waals surface area (Å²) < 4.78 is 0. The molecule has 2 N–H and O–H groups in total. The van der Waals surface area contributed by atoms with Crippen molar-refractivity contribution < 1.29 is 9.90 Å². The Labute approximate surface area is 133 Å². The average Bonchev–Trinajstić information content (AvgIpc) is 2.68. The summed E-state index contributed by atoms with van der Waals surface area (Å²) in [6, 6.07) is 0. The van der Waals surface area contributed by atoms with E-state index in [0.29, 0.717) is 11.8 Å². The quantitative estimate of drug-likeness (QED) is 0.722. The Morgan fingerprint density at radius 3 is 2.77 bits per heavy atom. The van der Waals surface area contributed by atoms with Gasteiger partial charge in [0.1, 0.15) is 0 Å². The van der Waals surface area contributed by atoms with Crippen molar-refractivity contribution >= 4 is 5.91 Å². The van der Waals surface area contributed by atoms with Gasteiger partial charge in [-0.05, 0) is 73.5 Å². The minimum absolute atomic E-state index is 0.0967. The molecule has 0 aromatic rings. The molecule has 3 heteroatoms. The second-order valence-corrected chi connectivity index (χ2v) is 8.68. The van der Waals surface area contributed by atoms with E-state index in [1.165, 1.54) is 24.8 Å². The van der Waals surface area contributed by atoms with Crippen LogP contribution in [0.5, 0.6) is 0 Å². The van der Waals surface area contributed by atoms with Crippen molar-refractivity contribution in [2.75, 3.05) is 6.54 Å². The molecule has 22 heavy (non-hydrogen) atoms. The number of amides is 1. The molecule has 0 bridgehead atoms. The zero-order valence-electron chi connectivity index (χ0n) is 13.9. The van der Waals surface area contributed by atoms with Gasteiger partial charge in [0, 0.05) is 12.6 Å². The molecule has 0 aromatic carbocycles. The van der Waals surface area contributed by atoms with E-state index in [1.54, 1.807) is 0 Å². The minimum atomic E-state index is -0.0967.